The number of pyridine rings is 1. The summed E-state index contributed by atoms with van der Waals surface area (Å²) >= 11 is 0. The lowest BCUT2D eigenvalue weighted by Gasteiger charge is -2.17. The number of carbonyl (C=O) groups excluding carboxylic acids is 1. The van der Waals surface area contributed by atoms with E-state index in [4.69, 9.17) is 5.73 Å². The molecule has 98 valence electrons. The average molecular weight is 255 g/mol. The number of nitrogens with zero attached hydrogens (tertiary/aromatic N) is 1. The highest BCUT2D eigenvalue weighted by atomic mass is 16.2. The van der Waals surface area contributed by atoms with Gasteiger partial charge in [-0.25, -0.2) is 0 Å². The minimum absolute atomic E-state index is 0.163. The van der Waals surface area contributed by atoms with Crippen LogP contribution < -0.4 is 11.1 Å². The van der Waals surface area contributed by atoms with Crippen LogP contribution in [0.25, 0.3) is 0 Å². The van der Waals surface area contributed by atoms with Crippen LogP contribution in [0.4, 0.5) is 0 Å². The Bertz CT molecular complexity index is 528. The maximum absolute atomic E-state index is 12.1. The number of carbonyl (C=O) groups is 1. The summed E-state index contributed by atoms with van der Waals surface area (Å²) < 4.78 is 0. The summed E-state index contributed by atoms with van der Waals surface area (Å²) in [5.41, 5.74) is 7.55. The van der Waals surface area contributed by atoms with Crippen molar-refractivity contribution >= 4 is 5.91 Å². The highest BCUT2D eigenvalue weighted by Crippen LogP contribution is 2.13. The zero-order valence-corrected chi connectivity index (χ0v) is 10.8. The summed E-state index contributed by atoms with van der Waals surface area (Å²) in [4.78, 5) is 16.3. The largest absolute Gasteiger partial charge is 0.346 e. The molecule has 4 nitrogen and oxygen atoms in total. The molecular formula is C15H17N3O. The van der Waals surface area contributed by atoms with Crippen molar-refractivity contribution in [1.82, 2.24) is 10.3 Å². The average Bonchev–Trinajstić information content (AvgIpc) is 2.48. The lowest BCUT2D eigenvalue weighted by molar-refractivity contribution is -0.123. The maximum Gasteiger partial charge on any atom is 0.242 e. The van der Waals surface area contributed by atoms with Crippen molar-refractivity contribution in [1.29, 1.82) is 0 Å². The van der Waals surface area contributed by atoms with Crippen LogP contribution in [0, 0.1) is 0 Å². The number of nitrogens with two attached hydrogens (primary N) is 1. The third-order valence-corrected chi connectivity index (χ3v) is 2.93. The first-order chi connectivity index (χ1) is 9.18. The fourth-order valence-corrected chi connectivity index (χ4v) is 1.82. The predicted octanol–water partition coefficient (Wildman–Crippen LogP) is 1.96. The smallest absolute Gasteiger partial charge is 0.242 e. The number of hydrogen-bond acceptors (Lipinski definition) is 3. The van der Waals surface area contributed by atoms with Gasteiger partial charge >= 0.3 is 0 Å². The molecule has 0 aliphatic carbocycles. The lowest BCUT2D eigenvalue weighted by Crippen LogP contribution is -2.35. The minimum Gasteiger partial charge on any atom is -0.346 e. The molecule has 0 spiro atoms. The molecule has 2 rings (SSSR count). The standard InChI is InChI=1S/C15H17N3O/c1-11(13-9-5-6-10-17-13)18-15(19)14(16)12-7-3-2-4-8-12/h2-11,14H,16H2,1H3,(H,18,19). The molecule has 0 aliphatic rings. The molecule has 1 aromatic heterocycles. The van der Waals surface area contributed by atoms with Gasteiger partial charge in [0.25, 0.3) is 0 Å². The van der Waals surface area contributed by atoms with Gasteiger partial charge in [-0.05, 0) is 24.6 Å². The second-order valence-corrected chi connectivity index (χ2v) is 4.37. The van der Waals surface area contributed by atoms with E-state index in [0.29, 0.717) is 0 Å². The maximum atomic E-state index is 12.1. The van der Waals surface area contributed by atoms with Crippen molar-refractivity contribution in [2.75, 3.05) is 0 Å². The van der Waals surface area contributed by atoms with Crippen LogP contribution in [-0.2, 0) is 4.79 Å². The normalized spacial score (nSPS) is 13.6. The molecule has 0 saturated carbocycles. The molecule has 0 aliphatic heterocycles. The van der Waals surface area contributed by atoms with Crippen LogP contribution >= 0.6 is 0 Å². The van der Waals surface area contributed by atoms with Crippen molar-refractivity contribution in [3.05, 3.63) is 66.0 Å². The van der Waals surface area contributed by atoms with Gasteiger partial charge < -0.3 is 11.1 Å². The molecule has 1 amide bonds. The Hall–Kier alpha value is -2.20. The van der Waals surface area contributed by atoms with E-state index in [1.54, 1.807) is 6.20 Å². The Morgan fingerprint density at radius 2 is 1.84 bits per heavy atom. The highest BCUT2D eigenvalue weighted by molar-refractivity contribution is 5.83. The van der Waals surface area contributed by atoms with Crippen LogP contribution in [-0.4, -0.2) is 10.9 Å². The summed E-state index contributed by atoms with van der Waals surface area (Å²) in [5, 5.41) is 2.87. The van der Waals surface area contributed by atoms with Crippen LogP contribution in [0.1, 0.15) is 30.3 Å². The van der Waals surface area contributed by atoms with Gasteiger partial charge in [-0.1, -0.05) is 36.4 Å². The fourth-order valence-electron chi connectivity index (χ4n) is 1.82. The zero-order chi connectivity index (χ0) is 13.7. The molecule has 3 N–H and O–H groups in total. The highest BCUT2D eigenvalue weighted by Gasteiger charge is 2.18. The number of aromatic nitrogens is 1. The van der Waals surface area contributed by atoms with E-state index in [0.717, 1.165) is 11.3 Å². The van der Waals surface area contributed by atoms with E-state index in [2.05, 4.69) is 10.3 Å². The van der Waals surface area contributed by atoms with Crippen LogP contribution in [0.2, 0.25) is 0 Å². The number of amides is 1. The fraction of sp³-hybridized carbons (Fsp3) is 0.200. The Morgan fingerprint density at radius 3 is 2.47 bits per heavy atom. The number of benzene rings is 1. The van der Waals surface area contributed by atoms with Crippen LogP contribution in [0.5, 0.6) is 0 Å². The first-order valence-corrected chi connectivity index (χ1v) is 6.20. The summed E-state index contributed by atoms with van der Waals surface area (Å²) in [6.07, 6.45) is 1.70. The van der Waals surface area contributed by atoms with Gasteiger partial charge in [0.05, 0.1) is 11.7 Å². The number of nitrogens with one attached hydrogen (secondary N) is 1. The number of rotatable bonds is 4. The molecule has 0 saturated heterocycles. The topological polar surface area (TPSA) is 68.0 Å². The van der Waals surface area contributed by atoms with E-state index in [-0.39, 0.29) is 11.9 Å². The molecule has 0 radical (unpaired) electrons. The quantitative estimate of drug-likeness (QED) is 0.877. The third kappa shape index (κ3) is 3.39. The monoisotopic (exact) mass is 255 g/mol. The summed E-state index contributed by atoms with van der Waals surface area (Å²) in [6.45, 7) is 1.89. The summed E-state index contributed by atoms with van der Waals surface area (Å²) in [5.74, 6) is -0.204. The molecule has 2 aromatic rings. The second-order valence-electron chi connectivity index (χ2n) is 4.37. The van der Waals surface area contributed by atoms with Crippen molar-refractivity contribution in [3.63, 3.8) is 0 Å². The summed E-state index contributed by atoms with van der Waals surface area (Å²) in [6, 6.07) is 14.1. The Labute approximate surface area is 112 Å². The molecule has 19 heavy (non-hydrogen) atoms. The van der Waals surface area contributed by atoms with Gasteiger partial charge in [0.1, 0.15) is 6.04 Å². The van der Waals surface area contributed by atoms with E-state index in [1.807, 2.05) is 55.5 Å². The van der Waals surface area contributed by atoms with Crippen molar-refractivity contribution < 1.29 is 4.79 Å². The molecule has 0 bridgehead atoms. The van der Waals surface area contributed by atoms with E-state index in [1.165, 1.54) is 0 Å². The molecule has 1 aromatic carbocycles. The molecule has 0 fully saturated rings. The van der Waals surface area contributed by atoms with Gasteiger partial charge in [-0.3, -0.25) is 9.78 Å². The molecule has 2 unspecified atom stereocenters. The van der Waals surface area contributed by atoms with Gasteiger partial charge in [-0.15, -0.1) is 0 Å². The van der Waals surface area contributed by atoms with Crippen molar-refractivity contribution in [2.45, 2.75) is 19.0 Å². The van der Waals surface area contributed by atoms with Gasteiger partial charge in [0.2, 0.25) is 5.91 Å². The third-order valence-electron chi connectivity index (χ3n) is 2.93. The van der Waals surface area contributed by atoms with E-state index >= 15 is 0 Å². The summed E-state index contributed by atoms with van der Waals surface area (Å²) in [7, 11) is 0. The molecule has 1 heterocycles. The second kappa shape index (κ2) is 6.11. The van der Waals surface area contributed by atoms with Crippen molar-refractivity contribution in [3.8, 4) is 0 Å². The molecular weight excluding hydrogens is 238 g/mol. The van der Waals surface area contributed by atoms with Gasteiger partial charge in [-0.2, -0.15) is 0 Å². The van der Waals surface area contributed by atoms with E-state index in [9.17, 15) is 4.79 Å². The molecule has 2 atom stereocenters. The van der Waals surface area contributed by atoms with Crippen LogP contribution in [0.3, 0.4) is 0 Å². The van der Waals surface area contributed by atoms with Gasteiger partial charge in [0, 0.05) is 6.20 Å². The lowest BCUT2D eigenvalue weighted by atomic mass is 10.1. The zero-order valence-electron chi connectivity index (χ0n) is 10.8. The Morgan fingerprint density at radius 1 is 1.16 bits per heavy atom. The number of hydrogen-bond donors (Lipinski definition) is 2. The Kier molecular flexibility index (Phi) is 4.26. The molecule has 4 heteroatoms. The van der Waals surface area contributed by atoms with Gasteiger partial charge in [0.15, 0.2) is 0 Å². The van der Waals surface area contributed by atoms with Crippen molar-refractivity contribution in [2.24, 2.45) is 5.73 Å². The first-order valence-electron chi connectivity index (χ1n) is 6.20. The van der Waals surface area contributed by atoms with Crippen LogP contribution in [0.15, 0.2) is 54.7 Å². The minimum atomic E-state index is -0.660. The Balaban J connectivity index is 2.02. The SMILES string of the molecule is CC(NC(=O)C(N)c1ccccc1)c1ccccn1. The first kappa shape index (κ1) is 13.2. The van der Waals surface area contributed by atoms with E-state index < -0.39 is 6.04 Å². The predicted molar refractivity (Wildman–Crippen MR) is 74.2 cm³/mol.